The molecule has 0 bridgehead atoms. The zero-order valence-corrected chi connectivity index (χ0v) is 16.7. The van der Waals surface area contributed by atoms with Crippen LogP contribution in [-0.2, 0) is 5.41 Å². The molecular weight excluding hydrogens is 394 g/mol. The topological polar surface area (TPSA) is 12.9 Å². The first-order valence-electron chi connectivity index (χ1n) is 9.02. The summed E-state index contributed by atoms with van der Waals surface area (Å²) in [7, 11) is 0. The first kappa shape index (κ1) is 17.7. The third-order valence-electron chi connectivity index (χ3n) is 5.07. The monoisotopic (exact) mass is 413 g/mol. The van der Waals surface area contributed by atoms with Crippen LogP contribution in [-0.4, -0.2) is 4.98 Å². The molecule has 132 valence electrons. The Balaban J connectivity index is 2.14. The van der Waals surface area contributed by atoms with Gasteiger partial charge in [-0.15, -0.1) is 0 Å². The molecule has 1 nitrogen and oxygen atoms in total. The summed E-state index contributed by atoms with van der Waals surface area (Å²) >= 11 is 3.55. The van der Waals surface area contributed by atoms with Gasteiger partial charge in [-0.2, -0.15) is 0 Å². The third kappa shape index (κ3) is 3.11. The molecule has 0 radical (unpaired) electrons. The second-order valence-corrected chi connectivity index (χ2v) is 7.43. The van der Waals surface area contributed by atoms with Crippen LogP contribution in [0.25, 0.3) is 0 Å². The van der Waals surface area contributed by atoms with Crippen molar-refractivity contribution in [3.63, 3.8) is 0 Å². The first-order chi connectivity index (χ1) is 13.2. The molecule has 0 atom stereocenters. The van der Waals surface area contributed by atoms with Gasteiger partial charge >= 0.3 is 0 Å². The van der Waals surface area contributed by atoms with Crippen molar-refractivity contribution in [3.8, 4) is 0 Å². The van der Waals surface area contributed by atoms with Crippen LogP contribution >= 0.6 is 15.9 Å². The molecule has 0 saturated heterocycles. The van der Waals surface area contributed by atoms with Gasteiger partial charge in [0.15, 0.2) is 0 Å². The summed E-state index contributed by atoms with van der Waals surface area (Å²) in [5, 5.41) is 0. The minimum absolute atomic E-state index is 0.428. The van der Waals surface area contributed by atoms with Crippen LogP contribution in [0, 0.1) is 6.92 Å². The lowest BCUT2D eigenvalue weighted by Gasteiger charge is -2.36. The third-order valence-corrected chi connectivity index (χ3v) is 5.90. The van der Waals surface area contributed by atoms with Gasteiger partial charge < -0.3 is 0 Å². The van der Waals surface area contributed by atoms with Crippen LogP contribution in [0.5, 0.6) is 0 Å². The molecule has 3 aromatic carbocycles. The molecule has 0 saturated carbocycles. The highest BCUT2D eigenvalue weighted by atomic mass is 79.9. The molecule has 4 rings (SSSR count). The molecule has 0 unspecified atom stereocenters. The molecule has 0 spiro atoms. The Bertz CT molecular complexity index is 931. The van der Waals surface area contributed by atoms with E-state index in [4.69, 9.17) is 0 Å². The number of hydrogen-bond donors (Lipinski definition) is 0. The summed E-state index contributed by atoms with van der Waals surface area (Å²) in [5.41, 5.74) is 5.54. The molecule has 1 heterocycles. The molecule has 0 aliphatic heterocycles. The Morgan fingerprint density at radius 1 is 0.630 bits per heavy atom. The van der Waals surface area contributed by atoms with Crippen molar-refractivity contribution in [1.29, 1.82) is 0 Å². The van der Waals surface area contributed by atoms with E-state index in [2.05, 4.69) is 125 Å². The van der Waals surface area contributed by atoms with Crippen LogP contribution in [0.4, 0.5) is 0 Å². The lowest BCUT2D eigenvalue weighted by molar-refractivity contribution is 0.738. The Morgan fingerprint density at radius 3 is 1.41 bits per heavy atom. The van der Waals surface area contributed by atoms with Gasteiger partial charge in [0.25, 0.3) is 0 Å². The highest BCUT2D eigenvalue weighted by molar-refractivity contribution is 9.10. The largest absolute Gasteiger partial charge is 0.249 e. The van der Waals surface area contributed by atoms with Crippen molar-refractivity contribution in [2.75, 3.05) is 0 Å². The zero-order chi connectivity index (χ0) is 18.7. The average molecular weight is 414 g/mol. The Kier molecular flexibility index (Phi) is 4.91. The van der Waals surface area contributed by atoms with Gasteiger partial charge in [-0.25, -0.2) is 4.98 Å². The molecule has 0 aliphatic carbocycles. The smallest absolute Gasteiger partial charge is 0.108 e. The molecule has 2 heteroatoms. The highest BCUT2D eigenvalue weighted by Crippen LogP contribution is 2.45. The molecular formula is C25H20BrN. The summed E-state index contributed by atoms with van der Waals surface area (Å²) in [5.74, 6) is 0. The van der Waals surface area contributed by atoms with Gasteiger partial charge in [0.2, 0.25) is 0 Å². The minimum atomic E-state index is -0.428. The van der Waals surface area contributed by atoms with Crippen LogP contribution < -0.4 is 0 Å². The lowest BCUT2D eigenvalue weighted by Crippen LogP contribution is -2.31. The molecule has 0 N–H and O–H groups in total. The molecule has 4 aromatic rings. The molecule has 0 fully saturated rings. The Labute approximate surface area is 168 Å². The number of hydrogen-bond acceptors (Lipinski definition) is 1. The van der Waals surface area contributed by atoms with Gasteiger partial charge in [-0.1, -0.05) is 97.1 Å². The zero-order valence-electron chi connectivity index (χ0n) is 15.1. The fourth-order valence-corrected chi connectivity index (χ4v) is 4.04. The van der Waals surface area contributed by atoms with Crippen molar-refractivity contribution in [3.05, 3.63) is 136 Å². The van der Waals surface area contributed by atoms with E-state index < -0.39 is 5.41 Å². The number of benzene rings is 3. The van der Waals surface area contributed by atoms with Crippen LogP contribution in [0.1, 0.15) is 27.8 Å². The predicted molar refractivity (Wildman–Crippen MR) is 115 cm³/mol. The van der Waals surface area contributed by atoms with E-state index >= 15 is 0 Å². The normalized spacial score (nSPS) is 11.3. The minimum Gasteiger partial charge on any atom is -0.249 e. The molecule has 0 amide bonds. The van der Waals surface area contributed by atoms with Gasteiger partial charge in [-0.05, 0) is 50.7 Å². The Morgan fingerprint density at radius 2 is 1.04 bits per heavy atom. The summed E-state index contributed by atoms with van der Waals surface area (Å²) < 4.78 is 0.884. The van der Waals surface area contributed by atoms with Crippen molar-refractivity contribution in [2.24, 2.45) is 0 Å². The van der Waals surface area contributed by atoms with E-state index in [0.29, 0.717) is 0 Å². The maximum atomic E-state index is 4.64. The second-order valence-electron chi connectivity index (χ2n) is 6.68. The second kappa shape index (κ2) is 7.50. The molecule has 27 heavy (non-hydrogen) atoms. The van der Waals surface area contributed by atoms with Crippen molar-refractivity contribution in [2.45, 2.75) is 12.3 Å². The first-order valence-corrected chi connectivity index (χ1v) is 9.81. The van der Waals surface area contributed by atoms with Crippen LogP contribution in [0.15, 0.2) is 108 Å². The van der Waals surface area contributed by atoms with Gasteiger partial charge in [-0.3, -0.25) is 0 Å². The standard InChI is InChI=1S/C25H20BrN/c1-19-17-23(18-27-24(19)26)25(20-11-5-2-6-12-20,21-13-7-3-8-14-21)22-15-9-4-10-16-22/h2-18H,1H3. The number of aromatic nitrogens is 1. The maximum Gasteiger partial charge on any atom is 0.108 e. The average Bonchev–Trinajstić information content (AvgIpc) is 2.74. The van der Waals surface area contributed by atoms with E-state index in [0.717, 1.165) is 15.7 Å². The van der Waals surface area contributed by atoms with Crippen LogP contribution in [0.3, 0.4) is 0 Å². The summed E-state index contributed by atoms with van der Waals surface area (Å²) in [6.07, 6.45) is 1.99. The quantitative estimate of drug-likeness (QED) is 0.273. The number of rotatable bonds is 4. The van der Waals surface area contributed by atoms with E-state index in [1.165, 1.54) is 16.7 Å². The van der Waals surface area contributed by atoms with E-state index in [1.807, 2.05) is 6.20 Å². The van der Waals surface area contributed by atoms with E-state index in [1.54, 1.807) is 0 Å². The van der Waals surface area contributed by atoms with Gasteiger partial charge in [0, 0.05) is 6.20 Å². The molecule has 1 aromatic heterocycles. The SMILES string of the molecule is Cc1cc(C(c2ccccc2)(c2ccccc2)c2ccccc2)cnc1Br. The van der Waals surface area contributed by atoms with Crippen molar-refractivity contribution in [1.82, 2.24) is 4.98 Å². The van der Waals surface area contributed by atoms with Gasteiger partial charge in [0.1, 0.15) is 4.60 Å². The van der Waals surface area contributed by atoms with E-state index in [-0.39, 0.29) is 0 Å². The van der Waals surface area contributed by atoms with Crippen LogP contribution in [0.2, 0.25) is 0 Å². The maximum absolute atomic E-state index is 4.64. The molecule has 0 aliphatic rings. The number of aryl methyl sites for hydroxylation is 1. The van der Waals surface area contributed by atoms with Crippen molar-refractivity contribution < 1.29 is 0 Å². The lowest BCUT2D eigenvalue weighted by atomic mass is 9.65. The summed E-state index contributed by atoms with van der Waals surface area (Å²) in [6.45, 7) is 2.09. The summed E-state index contributed by atoms with van der Waals surface area (Å²) in [4.78, 5) is 4.64. The highest BCUT2D eigenvalue weighted by Gasteiger charge is 2.38. The fourth-order valence-electron chi connectivity index (χ4n) is 3.83. The Hall–Kier alpha value is -2.71. The van der Waals surface area contributed by atoms with Gasteiger partial charge in [0.05, 0.1) is 5.41 Å². The number of nitrogens with zero attached hydrogens (tertiary/aromatic N) is 1. The van der Waals surface area contributed by atoms with Crippen molar-refractivity contribution >= 4 is 15.9 Å². The predicted octanol–water partition coefficient (Wildman–Crippen LogP) is 6.54. The van der Waals surface area contributed by atoms with E-state index in [9.17, 15) is 0 Å². The summed E-state index contributed by atoms with van der Waals surface area (Å²) in [6, 6.07) is 34.3. The number of pyridine rings is 1. The fraction of sp³-hybridized carbons (Fsp3) is 0.0800. The number of halogens is 1.